The van der Waals surface area contributed by atoms with Crippen LogP contribution in [0.25, 0.3) is 22.3 Å². The van der Waals surface area contributed by atoms with Crippen LogP contribution in [0.5, 0.6) is 46.0 Å². The number of aromatic hydroxyl groups is 8. The van der Waals surface area contributed by atoms with Crippen LogP contribution in [0.1, 0.15) is 105 Å². The average Bonchev–Trinajstić information content (AvgIpc) is 3.16. The molecule has 1 aliphatic carbocycles. The van der Waals surface area contributed by atoms with Gasteiger partial charge in [-0.25, -0.2) is 0 Å². The first kappa shape index (κ1) is 43.7. The number of Topliss-reactive ketones (excluding diaryl/α,β-unsaturated/α-hetero) is 1. The second kappa shape index (κ2) is 17.8. The minimum Gasteiger partial charge on any atom is -0.508 e. The highest BCUT2D eigenvalue weighted by molar-refractivity contribution is 6.03. The molecule has 3 atom stereocenters. The van der Waals surface area contributed by atoms with E-state index in [1.54, 1.807) is 13.0 Å². The Morgan fingerprint density at radius 1 is 0.721 bits per heavy atom. The molecule has 0 unspecified atom stereocenters. The summed E-state index contributed by atoms with van der Waals surface area (Å²) in [5.41, 5.74) is 3.44. The van der Waals surface area contributed by atoms with Crippen molar-refractivity contribution < 1.29 is 50.1 Å². The lowest BCUT2D eigenvalue weighted by Gasteiger charge is -2.37. The van der Waals surface area contributed by atoms with Gasteiger partial charge < -0.3 is 45.3 Å². The van der Waals surface area contributed by atoms with Crippen LogP contribution in [-0.2, 0) is 12.8 Å². The molecule has 0 spiro atoms. The molecule has 8 N–H and O–H groups in total. The molecule has 61 heavy (non-hydrogen) atoms. The fourth-order valence-electron chi connectivity index (χ4n) is 8.23. The van der Waals surface area contributed by atoms with E-state index in [-0.39, 0.29) is 86.8 Å². The SMILES string of the molecule is CC(C)=CCC/C(C)=C/Cc1c(-c2ccc(O)cc2O)oc2c([C@@H]3C=C(C)C[C@H](c4ccc(O)cc4O)[C@@H]3C(=O)c3cc(CC=C(C)C)c(O)cc3O)c(O)cc(O)c2c1=O. The lowest BCUT2D eigenvalue weighted by molar-refractivity contribution is 0.0877. The van der Waals surface area contributed by atoms with E-state index in [0.29, 0.717) is 12.0 Å². The van der Waals surface area contributed by atoms with Crippen molar-refractivity contribution in [3.05, 3.63) is 139 Å². The molecule has 1 heterocycles. The predicted molar refractivity (Wildman–Crippen MR) is 235 cm³/mol. The van der Waals surface area contributed by atoms with E-state index in [1.165, 1.54) is 35.9 Å². The second-order valence-electron chi connectivity index (χ2n) is 16.5. The Bertz CT molecular complexity index is 2720. The molecule has 0 amide bonds. The number of phenolic OH excluding ortho intramolecular Hbond substituents is 8. The molecule has 0 fully saturated rings. The van der Waals surface area contributed by atoms with E-state index in [0.717, 1.165) is 47.4 Å². The highest BCUT2D eigenvalue weighted by Crippen LogP contribution is 2.53. The monoisotopic (exact) mass is 828 g/mol. The van der Waals surface area contributed by atoms with E-state index in [1.807, 2.05) is 46.8 Å². The van der Waals surface area contributed by atoms with Gasteiger partial charge in [-0.15, -0.1) is 0 Å². The van der Waals surface area contributed by atoms with Crippen molar-refractivity contribution in [3.63, 3.8) is 0 Å². The average molecular weight is 829 g/mol. The quantitative estimate of drug-likeness (QED) is 0.0438. The number of carbonyl (C=O) groups is 1. The Hall–Kier alpha value is -6.88. The summed E-state index contributed by atoms with van der Waals surface area (Å²) < 4.78 is 6.62. The molecule has 11 heteroatoms. The summed E-state index contributed by atoms with van der Waals surface area (Å²) in [7, 11) is 0. The van der Waals surface area contributed by atoms with Crippen LogP contribution < -0.4 is 5.43 Å². The zero-order chi connectivity index (χ0) is 44.4. The maximum Gasteiger partial charge on any atom is 0.200 e. The highest BCUT2D eigenvalue weighted by Gasteiger charge is 2.44. The lowest BCUT2D eigenvalue weighted by atomic mass is 9.65. The molecule has 318 valence electrons. The normalized spacial score (nSPS) is 16.6. The van der Waals surface area contributed by atoms with Crippen LogP contribution in [-0.4, -0.2) is 46.6 Å². The van der Waals surface area contributed by atoms with Crippen LogP contribution in [0.4, 0.5) is 0 Å². The number of ketones is 1. The van der Waals surface area contributed by atoms with E-state index in [4.69, 9.17) is 4.42 Å². The van der Waals surface area contributed by atoms with Crippen molar-refractivity contribution in [1.82, 2.24) is 0 Å². The summed E-state index contributed by atoms with van der Waals surface area (Å²) in [4.78, 5) is 30.0. The number of allylic oxidation sites excluding steroid dienone is 8. The van der Waals surface area contributed by atoms with E-state index in [2.05, 4.69) is 6.08 Å². The lowest BCUT2D eigenvalue weighted by Crippen LogP contribution is -2.32. The zero-order valence-electron chi connectivity index (χ0n) is 35.1. The van der Waals surface area contributed by atoms with Crippen LogP contribution in [0.15, 0.2) is 110 Å². The van der Waals surface area contributed by atoms with Gasteiger partial charge in [0.05, 0.1) is 11.1 Å². The standard InChI is InChI=1S/C50H52O11/c1-25(2)8-7-9-27(5)11-15-34-47(59)46-43(58)24-42(57)45(50(46)61-49(34)33-17-14-31(52)22-40(33)55)37-19-28(6)18-35(32-16-13-30(51)21-39(32)54)44(37)48(60)36-20-29(12-10-26(3)4)38(53)23-41(36)56/h8,10-11,13-14,16-17,19-24,35,37,44,51-58H,7,9,12,15,18H2,1-6H3/b27-11+/t35-,37-,44+/m1/s1. The number of hydrogen-bond donors (Lipinski definition) is 8. The fourth-order valence-corrected chi connectivity index (χ4v) is 8.23. The molecule has 5 aromatic rings. The molecule has 1 aromatic heterocycles. The van der Waals surface area contributed by atoms with E-state index < -0.39 is 52.0 Å². The van der Waals surface area contributed by atoms with Gasteiger partial charge in [-0.1, -0.05) is 52.7 Å². The van der Waals surface area contributed by atoms with Crippen molar-refractivity contribution >= 4 is 16.8 Å². The summed E-state index contributed by atoms with van der Waals surface area (Å²) in [6.45, 7) is 11.5. The topological polar surface area (TPSA) is 209 Å². The first-order chi connectivity index (χ1) is 28.9. The molecule has 6 rings (SSSR count). The largest absolute Gasteiger partial charge is 0.508 e. The van der Waals surface area contributed by atoms with E-state index in [9.17, 15) is 45.6 Å². The van der Waals surface area contributed by atoms with Crippen molar-refractivity contribution in [1.29, 1.82) is 0 Å². The Kier molecular flexibility index (Phi) is 12.7. The predicted octanol–water partition coefficient (Wildman–Crippen LogP) is 10.6. The Labute approximate surface area is 353 Å². The fraction of sp³-hybridized carbons (Fsp3) is 0.280. The van der Waals surface area contributed by atoms with Crippen molar-refractivity contribution in [3.8, 4) is 57.3 Å². The van der Waals surface area contributed by atoms with Gasteiger partial charge >= 0.3 is 0 Å². The van der Waals surface area contributed by atoms with Crippen LogP contribution in [0.3, 0.4) is 0 Å². The maximum absolute atomic E-state index is 15.2. The number of rotatable bonds is 12. The molecule has 0 bridgehead atoms. The number of phenols is 8. The number of benzene rings is 4. The maximum atomic E-state index is 15.2. The van der Waals surface area contributed by atoms with Gasteiger partial charge in [-0.3, -0.25) is 9.59 Å². The van der Waals surface area contributed by atoms with Gasteiger partial charge in [0.25, 0.3) is 0 Å². The first-order valence-corrected chi connectivity index (χ1v) is 20.1. The third kappa shape index (κ3) is 9.16. The van der Waals surface area contributed by atoms with Gasteiger partial charge in [0.1, 0.15) is 62.7 Å². The second-order valence-corrected chi connectivity index (χ2v) is 16.5. The minimum absolute atomic E-state index is 0.0329. The van der Waals surface area contributed by atoms with E-state index >= 15 is 4.79 Å². The summed E-state index contributed by atoms with van der Waals surface area (Å²) in [6.07, 6.45) is 9.54. The van der Waals surface area contributed by atoms with Crippen molar-refractivity contribution in [2.75, 3.05) is 0 Å². The van der Waals surface area contributed by atoms with Gasteiger partial charge in [-0.2, -0.15) is 0 Å². The van der Waals surface area contributed by atoms with Gasteiger partial charge in [0.15, 0.2) is 5.78 Å². The number of fused-ring (bicyclic) bond motifs is 1. The van der Waals surface area contributed by atoms with Crippen LogP contribution >= 0.6 is 0 Å². The summed E-state index contributed by atoms with van der Waals surface area (Å²) >= 11 is 0. The molecular formula is C50H52O11. The summed E-state index contributed by atoms with van der Waals surface area (Å²) in [6, 6.07) is 11.3. The van der Waals surface area contributed by atoms with Gasteiger partial charge in [0.2, 0.25) is 5.43 Å². The first-order valence-electron chi connectivity index (χ1n) is 20.1. The third-order valence-corrected chi connectivity index (χ3v) is 11.3. The zero-order valence-corrected chi connectivity index (χ0v) is 35.1. The van der Waals surface area contributed by atoms with Crippen LogP contribution in [0.2, 0.25) is 0 Å². The molecule has 4 aromatic carbocycles. The summed E-state index contributed by atoms with van der Waals surface area (Å²) in [5, 5.41) is 87.9. The van der Waals surface area contributed by atoms with Gasteiger partial charge in [-0.05, 0) is 109 Å². The Morgan fingerprint density at radius 2 is 1.38 bits per heavy atom. The Balaban J connectivity index is 1.65. The van der Waals surface area contributed by atoms with Gasteiger partial charge in [0, 0.05) is 53.1 Å². The molecule has 0 saturated carbocycles. The molecule has 11 nitrogen and oxygen atoms in total. The minimum atomic E-state index is -1.24. The molecule has 0 saturated heterocycles. The number of hydrogen-bond acceptors (Lipinski definition) is 11. The van der Waals surface area contributed by atoms with Crippen LogP contribution in [0, 0.1) is 5.92 Å². The summed E-state index contributed by atoms with van der Waals surface area (Å²) in [5.74, 6) is -7.00. The number of carbonyl (C=O) groups excluding carboxylic acids is 1. The molecule has 0 aliphatic heterocycles. The van der Waals surface area contributed by atoms with Crippen molar-refractivity contribution in [2.24, 2.45) is 5.92 Å². The molecule has 0 radical (unpaired) electrons. The third-order valence-electron chi connectivity index (χ3n) is 11.3. The molecule has 1 aliphatic rings. The highest BCUT2D eigenvalue weighted by atomic mass is 16.3. The Morgan fingerprint density at radius 3 is 2.03 bits per heavy atom. The molecular weight excluding hydrogens is 777 g/mol. The van der Waals surface area contributed by atoms with Crippen molar-refractivity contribution in [2.45, 2.75) is 85.5 Å². The smallest absolute Gasteiger partial charge is 0.200 e.